The quantitative estimate of drug-likeness (QED) is 0.875. The van der Waals surface area contributed by atoms with Crippen molar-refractivity contribution in [2.45, 2.75) is 6.92 Å². The number of carboxylic acid groups (broad SMARTS) is 1. The minimum Gasteiger partial charge on any atom is -0.478 e. The maximum Gasteiger partial charge on any atom is 0.335 e. The van der Waals surface area contributed by atoms with E-state index in [1.165, 1.54) is 12.1 Å². The molecule has 5 nitrogen and oxygen atoms in total. The first-order chi connectivity index (χ1) is 8.15. The van der Waals surface area contributed by atoms with Crippen LogP contribution in [0.3, 0.4) is 0 Å². The molecule has 1 heterocycles. The van der Waals surface area contributed by atoms with Gasteiger partial charge < -0.3 is 9.84 Å². The predicted molar refractivity (Wildman–Crippen MR) is 60.2 cm³/mol. The Balaban J connectivity index is 2.24. The van der Waals surface area contributed by atoms with Gasteiger partial charge in [-0.2, -0.15) is 4.98 Å². The number of ether oxygens (including phenoxy) is 1. The summed E-state index contributed by atoms with van der Waals surface area (Å²) in [4.78, 5) is 18.8. The summed E-state index contributed by atoms with van der Waals surface area (Å²) in [6, 6.07) is 7.84. The summed E-state index contributed by atoms with van der Waals surface area (Å²) in [5.41, 5.74) is 0.174. The molecule has 17 heavy (non-hydrogen) atoms. The first kappa shape index (κ1) is 11.1. The zero-order valence-electron chi connectivity index (χ0n) is 9.12. The van der Waals surface area contributed by atoms with Gasteiger partial charge in [0.2, 0.25) is 5.88 Å². The second-order valence-corrected chi connectivity index (χ2v) is 3.38. The van der Waals surface area contributed by atoms with Crippen molar-refractivity contribution < 1.29 is 14.6 Å². The highest BCUT2D eigenvalue weighted by Crippen LogP contribution is 2.20. The zero-order valence-corrected chi connectivity index (χ0v) is 9.12. The second kappa shape index (κ2) is 4.61. The van der Waals surface area contributed by atoms with E-state index in [4.69, 9.17) is 9.84 Å². The Morgan fingerprint density at radius 1 is 1.35 bits per heavy atom. The van der Waals surface area contributed by atoms with Gasteiger partial charge in [0.25, 0.3) is 0 Å². The fraction of sp³-hybridized carbons (Fsp3) is 0.0833. The van der Waals surface area contributed by atoms with Crippen molar-refractivity contribution in [2.24, 2.45) is 0 Å². The molecule has 2 aromatic rings. The smallest absolute Gasteiger partial charge is 0.335 e. The summed E-state index contributed by atoms with van der Waals surface area (Å²) in [5.74, 6) is 0.425. The number of carbonyl (C=O) groups is 1. The van der Waals surface area contributed by atoms with Gasteiger partial charge in [0.05, 0.1) is 5.56 Å². The van der Waals surface area contributed by atoms with E-state index in [9.17, 15) is 4.79 Å². The third kappa shape index (κ3) is 2.78. The Bertz CT molecular complexity index is 555. The van der Waals surface area contributed by atoms with E-state index in [1.807, 2.05) is 0 Å². The average molecular weight is 230 g/mol. The van der Waals surface area contributed by atoms with Crippen LogP contribution in [0.1, 0.15) is 16.2 Å². The van der Waals surface area contributed by atoms with Gasteiger partial charge in [0.1, 0.15) is 11.6 Å². The highest BCUT2D eigenvalue weighted by atomic mass is 16.5. The van der Waals surface area contributed by atoms with Crippen LogP contribution in [0.2, 0.25) is 0 Å². The average Bonchev–Trinajstić information content (AvgIpc) is 2.29. The normalized spacial score (nSPS) is 9.94. The standard InChI is InChI=1S/C12H10N2O3/c1-8-13-6-5-11(14-8)17-10-4-2-3-9(7-10)12(15)16/h2-7H,1H3,(H,15,16). The Kier molecular flexibility index (Phi) is 3.00. The van der Waals surface area contributed by atoms with Crippen LogP contribution in [0.25, 0.3) is 0 Å². The molecule has 0 atom stereocenters. The van der Waals surface area contributed by atoms with E-state index in [-0.39, 0.29) is 5.56 Å². The van der Waals surface area contributed by atoms with E-state index in [0.717, 1.165) is 0 Å². The predicted octanol–water partition coefficient (Wildman–Crippen LogP) is 2.28. The SMILES string of the molecule is Cc1nccc(Oc2cccc(C(=O)O)c2)n1. The van der Waals surface area contributed by atoms with E-state index < -0.39 is 5.97 Å². The van der Waals surface area contributed by atoms with Gasteiger partial charge >= 0.3 is 5.97 Å². The van der Waals surface area contributed by atoms with Crippen molar-refractivity contribution in [3.63, 3.8) is 0 Å². The number of hydrogen-bond donors (Lipinski definition) is 1. The van der Waals surface area contributed by atoms with Crippen molar-refractivity contribution in [2.75, 3.05) is 0 Å². The first-order valence-electron chi connectivity index (χ1n) is 4.96. The lowest BCUT2D eigenvalue weighted by molar-refractivity contribution is 0.0696. The Labute approximate surface area is 97.7 Å². The molecule has 0 aliphatic rings. The number of aromatic carboxylic acids is 1. The molecule has 0 aliphatic carbocycles. The number of aryl methyl sites for hydroxylation is 1. The van der Waals surface area contributed by atoms with E-state index >= 15 is 0 Å². The summed E-state index contributed by atoms with van der Waals surface area (Å²) < 4.78 is 5.44. The maximum absolute atomic E-state index is 10.8. The molecule has 2 rings (SSSR count). The molecule has 0 spiro atoms. The van der Waals surface area contributed by atoms with E-state index in [1.54, 1.807) is 31.3 Å². The lowest BCUT2D eigenvalue weighted by Gasteiger charge is -2.05. The molecule has 86 valence electrons. The summed E-state index contributed by atoms with van der Waals surface area (Å²) in [7, 11) is 0. The Morgan fingerprint density at radius 2 is 2.18 bits per heavy atom. The van der Waals surface area contributed by atoms with Crippen LogP contribution < -0.4 is 4.74 Å². The molecule has 0 bridgehead atoms. The second-order valence-electron chi connectivity index (χ2n) is 3.38. The number of benzene rings is 1. The summed E-state index contributed by atoms with van der Waals surface area (Å²) in [6.07, 6.45) is 1.58. The van der Waals surface area contributed by atoms with Crippen LogP contribution >= 0.6 is 0 Å². The van der Waals surface area contributed by atoms with Crippen molar-refractivity contribution in [3.8, 4) is 11.6 Å². The molecule has 0 saturated carbocycles. The van der Waals surface area contributed by atoms with Gasteiger partial charge in [-0.15, -0.1) is 0 Å². The number of nitrogens with zero attached hydrogens (tertiary/aromatic N) is 2. The van der Waals surface area contributed by atoms with Crippen LogP contribution in [-0.4, -0.2) is 21.0 Å². The lowest BCUT2D eigenvalue weighted by Crippen LogP contribution is -1.97. The topological polar surface area (TPSA) is 72.3 Å². The van der Waals surface area contributed by atoms with E-state index in [2.05, 4.69) is 9.97 Å². The van der Waals surface area contributed by atoms with Gasteiger partial charge in [0, 0.05) is 12.3 Å². The lowest BCUT2D eigenvalue weighted by atomic mass is 10.2. The molecule has 0 unspecified atom stereocenters. The molecule has 0 aliphatic heterocycles. The fourth-order valence-corrected chi connectivity index (χ4v) is 1.30. The third-order valence-electron chi connectivity index (χ3n) is 2.05. The largest absolute Gasteiger partial charge is 0.478 e. The van der Waals surface area contributed by atoms with Crippen molar-refractivity contribution in [3.05, 3.63) is 47.9 Å². The number of hydrogen-bond acceptors (Lipinski definition) is 4. The van der Waals surface area contributed by atoms with Crippen LogP contribution in [0.15, 0.2) is 36.5 Å². The zero-order chi connectivity index (χ0) is 12.3. The Hall–Kier alpha value is -2.43. The Morgan fingerprint density at radius 3 is 2.88 bits per heavy atom. The maximum atomic E-state index is 10.8. The van der Waals surface area contributed by atoms with Gasteiger partial charge in [-0.05, 0) is 25.1 Å². The molecule has 1 N–H and O–H groups in total. The highest BCUT2D eigenvalue weighted by Gasteiger charge is 2.05. The number of rotatable bonds is 3. The molecule has 1 aromatic carbocycles. The number of aromatic nitrogens is 2. The molecule has 0 saturated heterocycles. The monoisotopic (exact) mass is 230 g/mol. The summed E-state index contributed by atoms with van der Waals surface area (Å²) in [5, 5.41) is 8.84. The molecule has 0 radical (unpaired) electrons. The summed E-state index contributed by atoms with van der Waals surface area (Å²) in [6.45, 7) is 1.75. The minimum absolute atomic E-state index is 0.174. The molecule has 1 aromatic heterocycles. The fourth-order valence-electron chi connectivity index (χ4n) is 1.30. The summed E-state index contributed by atoms with van der Waals surface area (Å²) >= 11 is 0. The van der Waals surface area contributed by atoms with Crippen molar-refractivity contribution >= 4 is 5.97 Å². The number of carboxylic acids is 1. The van der Waals surface area contributed by atoms with Crippen LogP contribution in [0, 0.1) is 6.92 Å². The van der Waals surface area contributed by atoms with Gasteiger partial charge in [0.15, 0.2) is 0 Å². The van der Waals surface area contributed by atoms with Gasteiger partial charge in [-0.1, -0.05) is 6.07 Å². The van der Waals surface area contributed by atoms with Gasteiger partial charge in [-0.3, -0.25) is 0 Å². The van der Waals surface area contributed by atoms with Crippen LogP contribution in [0.4, 0.5) is 0 Å². The molecular weight excluding hydrogens is 220 g/mol. The third-order valence-corrected chi connectivity index (χ3v) is 2.05. The molecule has 0 fully saturated rings. The van der Waals surface area contributed by atoms with Gasteiger partial charge in [-0.25, -0.2) is 9.78 Å². The minimum atomic E-state index is -0.991. The molecule has 0 amide bonds. The van der Waals surface area contributed by atoms with Crippen molar-refractivity contribution in [1.82, 2.24) is 9.97 Å². The van der Waals surface area contributed by atoms with Crippen LogP contribution in [0.5, 0.6) is 11.6 Å². The highest BCUT2D eigenvalue weighted by molar-refractivity contribution is 5.88. The van der Waals surface area contributed by atoms with Crippen molar-refractivity contribution in [1.29, 1.82) is 0 Å². The molecular formula is C12H10N2O3. The van der Waals surface area contributed by atoms with Crippen LogP contribution in [-0.2, 0) is 0 Å². The van der Waals surface area contributed by atoms with E-state index in [0.29, 0.717) is 17.5 Å². The first-order valence-corrected chi connectivity index (χ1v) is 4.96. The molecule has 5 heteroatoms.